The van der Waals surface area contributed by atoms with Crippen LogP contribution in [0.4, 0.5) is 0 Å². The fourth-order valence-electron chi connectivity index (χ4n) is 10.9. The number of carbonyl (C=O) groups is 1. The van der Waals surface area contributed by atoms with E-state index in [2.05, 4.69) is 25.3 Å². The molecule has 46 heavy (non-hydrogen) atoms. The van der Waals surface area contributed by atoms with Gasteiger partial charge in [0, 0.05) is 42.5 Å². The van der Waals surface area contributed by atoms with Gasteiger partial charge >= 0.3 is 5.97 Å². The number of fused-ring (bicyclic) bond motifs is 5. The average Bonchev–Trinajstić information content (AvgIpc) is 3.58. The first-order valence-electron chi connectivity index (χ1n) is 17.5. The molecule has 5 fully saturated rings. The fraction of sp³-hybridized carbons (Fsp3) is 0.730. The van der Waals surface area contributed by atoms with E-state index in [0.29, 0.717) is 51.7 Å². The van der Waals surface area contributed by atoms with Crippen LogP contribution in [0.15, 0.2) is 47.0 Å². The first kappa shape index (κ1) is 32.4. The Morgan fingerprint density at radius 2 is 1.80 bits per heavy atom. The van der Waals surface area contributed by atoms with Crippen molar-refractivity contribution >= 4 is 12.2 Å². The summed E-state index contributed by atoms with van der Waals surface area (Å²) in [5.74, 6) is -0.110. The zero-order chi connectivity index (χ0) is 32.3. The molecule has 2 heterocycles. The van der Waals surface area contributed by atoms with Crippen molar-refractivity contribution < 1.29 is 39.4 Å². The minimum absolute atomic E-state index is 0.00681. The summed E-state index contributed by atoms with van der Waals surface area (Å²) in [6.45, 7) is 4.90. The van der Waals surface area contributed by atoms with Crippen molar-refractivity contribution in [2.24, 2.45) is 33.6 Å². The third-order valence-electron chi connectivity index (χ3n) is 13.3. The van der Waals surface area contributed by atoms with E-state index < -0.39 is 41.2 Å². The van der Waals surface area contributed by atoms with Crippen molar-refractivity contribution in [1.82, 2.24) is 0 Å². The molecule has 0 unspecified atom stereocenters. The number of cyclic esters (lactones) is 1. The zero-order valence-corrected chi connectivity index (χ0v) is 27.2. The molecule has 0 bridgehead atoms. The SMILES string of the molecule is C[C@H]1O[C@@H](O[C@@H]2CC[C@@]3(C=NCCc4ccccc4)[C@@H]4CC[C@@]5(C)[C@@H](C6=CC(=O)OC6)CC[C@]5(O)[C@@H]4CC[C@]3(O)C2)C[C@@H](O)[C@H]1O. The number of benzene rings is 1. The molecule has 4 N–H and O–H groups in total. The molecule has 9 heteroatoms. The number of nitrogens with zero attached hydrogens (tertiary/aromatic N) is 1. The Morgan fingerprint density at radius 3 is 2.54 bits per heavy atom. The van der Waals surface area contributed by atoms with Crippen LogP contribution in [0, 0.1) is 28.6 Å². The largest absolute Gasteiger partial charge is 0.458 e. The first-order valence-corrected chi connectivity index (χ1v) is 17.5. The topological polar surface area (TPSA) is 138 Å². The number of ether oxygens (including phenoxy) is 3. The van der Waals surface area contributed by atoms with Crippen molar-refractivity contribution in [3.05, 3.63) is 47.5 Å². The minimum atomic E-state index is -1.07. The predicted molar refractivity (Wildman–Crippen MR) is 171 cm³/mol. The third kappa shape index (κ3) is 5.21. The van der Waals surface area contributed by atoms with Gasteiger partial charge in [0.05, 0.1) is 29.5 Å². The molecule has 0 aromatic heterocycles. The number of hydrogen-bond acceptors (Lipinski definition) is 9. The first-order chi connectivity index (χ1) is 22.0. The van der Waals surface area contributed by atoms with Gasteiger partial charge in [0.25, 0.3) is 0 Å². The molecule has 4 saturated carbocycles. The number of carbonyl (C=O) groups excluding carboxylic acids is 1. The summed E-state index contributed by atoms with van der Waals surface area (Å²) in [5.41, 5.74) is -0.707. The second-order valence-electron chi connectivity index (χ2n) is 15.5. The van der Waals surface area contributed by atoms with E-state index in [4.69, 9.17) is 19.2 Å². The summed E-state index contributed by atoms with van der Waals surface area (Å²) in [6.07, 6.45) is 7.68. The lowest BCUT2D eigenvalue weighted by Crippen LogP contribution is -2.69. The van der Waals surface area contributed by atoms with E-state index in [1.165, 1.54) is 5.56 Å². The van der Waals surface area contributed by atoms with Gasteiger partial charge in [0.2, 0.25) is 0 Å². The maximum atomic E-state index is 12.7. The number of hydrogen-bond donors (Lipinski definition) is 4. The van der Waals surface area contributed by atoms with E-state index in [1.54, 1.807) is 13.0 Å². The summed E-state index contributed by atoms with van der Waals surface area (Å²) in [4.78, 5) is 17.0. The molecule has 1 aromatic rings. The monoisotopic (exact) mass is 637 g/mol. The van der Waals surface area contributed by atoms with Gasteiger partial charge in [-0.1, -0.05) is 37.3 Å². The highest BCUT2D eigenvalue weighted by atomic mass is 16.7. The molecular weight excluding hydrogens is 586 g/mol. The third-order valence-corrected chi connectivity index (χ3v) is 13.3. The average molecular weight is 638 g/mol. The Morgan fingerprint density at radius 1 is 1.02 bits per heavy atom. The molecule has 1 aromatic carbocycles. The van der Waals surface area contributed by atoms with Crippen LogP contribution in [-0.4, -0.2) is 87.7 Å². The molecule has 252 valence electrons. The molecule has 9 nitrogen and oxygen atoms in total. The van der Waals surface area contributed by atoms with Gasteiger partial charge in [0.15, 0.2) is 6.29 Å². The van der Waals surface area contributed by atoms with Gasteiger partial charge in [0.1, 0.15) is 12.7 Å². The molecule has 6 aliphatic rings. The molecular formula is C37H51NO8. The number of aliphatic hydroxyl groups excluding tert-OH is 2. The maximum Gasteiger partial charge on any atom is 0.331 e. The van der Waals surface area contributed by atoms with Crippen LogP contribution in [0.3, 0.4) is 0 Å². The molecule has 1 saturated heterocycles. The highest BCUT2D eigenvalue weighted by Gasteiger charge is 2.71. The van der Waals surface area contributed by atoms with Crippen LogP contribution in [0.2, 0.25) is 0 Å². The Kier molecular flexibility index (Phi) is 8.51. The van der Waals surface area contributed by atoms with Crippen LogP contribution >= 0.6 is 0 Å². The van der Waals surface area contributed by atoms with E-state index in [9.17, 15) is 25.2 Å². The molecule has 7 rings (SSSR count). The van der Waals surface area contributed by atoms with Crippen molar-refractivity contribution in [1.29, 1.82) is 0 Å². The van der Waals surface area contributed by atoms with Gasteiger partial charge in [-0.05, 0) is 93.6 Å². The van der Waals surface area contributed by atoms with Crippen molar-refractivity contribution in [3.63, 3.8) is 0 Å². The normalized spacial score (nSPS) is 47.2. The Hall–Kier alpha value is -2.14. The Bertz CT molecular complexity index is 1340. The Labute approximate surface area is 272 Å². The van der Waals surface area contributed by atoms with Crippen molar-refractivity contribution in [2.45, 2.75) is 126 Å². The second-order valence-corrected chi connectivity index (χ2v) is 15.5. The minimum Gasteiger partial charge on any atom is -0.458 e. The van der Waals surface area contributed by atoms with Crippen LogP contribution < -0.4 is 0 Å². The zero-order valence-electron chi connectivity index (χ0n) is 27.2. The molecule has 2 aliphatic heterocycles. The number of aliphatic hydroxyl groups is 4. The number of rotatable bonds is 7. The van der Waals surface area contributed by atoms with E-state index in [-0.39, 0.29) is 41.7 Å². The second kappa shape index (κ2) is 12.1. The van der Waals surface area contributed by atoms with Gasteiger partial charge in [-0.25, -0.2) is 4.79 Å². The predicted octanol–water partition coefficient (Wildman–Crippen LogP) is 3.89. The van der Waals surface area contributed by atoms with Gasteiger partial charge in [-0.3, -0.25) is 4.99 Å². The molecule has 0 amide bonds. The lowest BCUT2D eigenvalue weighted by molar-refractivity contribution is -0.282. The van der Waals surface area contributed by atoms with E-state index in [1.807, 2.05) is 18.2 Å². The number of esters is 1. The quantitative estimate of drug-likeness (QED) is 0.201. The summed E-state index contributed by atoms with van der Waals surface area (Å²) < 4.78 is 17.6. The van der Waals surface area contributed by atoms with E-state index in [0.717, 1.165) is 31.3 Å². The maximum absolute atomic E-state index is 12.7. The van der Waals surface area contributed by atoms with Crippen LogP contribution in [0.1, 0.15) is 83.6 Å². The van der Waals surface area contributed by atoms with Gasteiger partial charge in [-0.2, -0.15) is 0 Å². The molecule has 12 atom stereocenters. The summed E-state index contributed by atoms with van der Waals surface area (Å²) in [6, 6.07) is 10.3. The summed E-state index contributed by atoms with van der Waals surface area (Å²) in [7, 11) is 0. The van der Waals surface area contributed by atoms with E-state index >= 15 is 0 Å². The summed E-state index contributed by atoms with van der Waals surface area (Å²) in [5, 5.41) is 46.0. The van der Waals surface area contributed by atoms with Gasteiger partial charge in [-0.15, -0.1) is 0 Å². The number of aliphatic imine (C=N–C) groups is 1. The van der Waals surface area contributed by atoms with Crippen molar-refractivity contribution in [3.8, 4) is 0 Å². The highest BCUT2D eigenvalue weighted by Crippen LogP contribution is 2.70. The lowest BCUT2D eigenvalue weighted by Gasteiger charge is -2.66. The van der Waals surface area contributed by atoms with Gasteiger partial charge < -0.3 is 34.6 Å². The summed E-state index contributed by atoms with van der Waals surface area (Å²) >= 11 is 0. The van der Waals surface area contributed by atoms with Crippen LogP contribution in [0.25, 0.3) is 0 Å². The Balaban J connectivity index is 1.16. The van der Waals surface area contributed by atoms with Crippen LogP contribution in [-0.2, 0) is 25.4 Å². The molecule has 4 aliphatic carbocycles. The van der Waals surface area contributed by atoms with Crippen LogP contribution in [0.5, 0.6) is 0 Å². The highest BCUT2D eigenvalue weighted by molar-refractivity contribution is 5.85. The van der Waals surface area contributed by atoms with Crippen molar-refractivity contribution in [2.75, 3.05) is 13.2 Å². The molecule has 0 radical (unpaired) electrons. The smallest absolute Gasteiger partial charge is 0.331 e. The molecule has 0 spiro atoms. The fourth-order valence-corrected chi connectivity index (χ4v) is 10.9. The lowest BCUT2D eigenvalue weighted by atomic mass is 9.41. The standard InChI is InChI=1S/C37H51NO8/c1-23-33(41)30(39)19-32(45-23)46-26-8-14-35(22-38-17-12-24-6-4-3-5-7-24)28-9-13-34(2)27(25-18-31(40)44-21-25)11-16-37(34,43)29(28)10-15-36(35,42)20-26/h3-7,18,22-23,26-30,32-33,39,41-43H,8-17,19-21H2,1-2H3/t23-,26-,27-,28-,29-,30-,32+,33+,34+,35-,36+,37+/m1/s1.